The Morgan fingerprint density at radius 1 is 0.191 bits per heavy atom. The van der Waals surface area contributed by atoms with Gasteiger partial charge in [-0.1, -0.05) is 170 Å². The van der Waals surface area contributed by atoms with Crippen LogP contribution in [-0.2, 0) is 0 Å². The minimum absolute atomic E-state index is 0.752. The van der Waals surface area contributed by atoms with Gasteiger partial charge in [-0.05, 0) is 148 Å². The third-order valence-corrected chi connectivity index (χ3v) is 19.4. The Labute approximate surface area is 534 Å². The first kappa shape index (κ1) is 51.0. The molecule has 0 amide bonds. The summed E-state index contributed by atoms with van der Waals surface area (Å²) in [5.74, 6) is 0. The van der Waals surface area contributed by atoms with Crippen molar-refractivity contribution >= 4 is 187 Å². The van der Waals surface area contributed by atoms with Gasteiger partial charge in [0.15, 0.2) is 11.2 Å². The van der Waals surface area contributed by atoms with Crippen molar-refractivity contribution in [3.63, 3.8) is 0 Å². The molecule has 0 bridgehead atoms. The van der Waals surface area contributed by atoms with Crippen molar-refractivity contribution in [2.75, 3.05) is 9.80 Å². The SMILES string of the molecule is c1ccc(-c2c(N(c3ccc4cc5c(cc4c3)oc3cc4oc6cc7cc(N(c8ccc9oc%10ccccc%10c9c8-c8ccccc8)c8cccc9c8oc8ccccc89)ccc7cc6c4cc35)c3cccc4c3oc3ccccc34)ccc3oc4ccccc4c23)cc1. The largest absolute Gasteiger partial charge is 0.456 e. The van der Waals surface area contributed by atoms with Crippen LogP contribution in [0.15, 0.2) is 318 Å². The maximum atomic E-state index is 6.90. The zero-order chi connectivity index (χ0) is 61.3. The minimum atomic E-state index is 0.752. The van der Waals surface area contributed by atoms with Crippen LogP contribution in [0.1, 0.15) is 0 Å². The van der Waals surface area contributed by atoms with E-state index in [0.29, 0.717) is 0 Å². The van der Waals surface area contributed by atoms with E-state index in [0.717, 1.165) is 210 Å². The molecular formula is C86H48N2O6. The lowest BCUT2D eigenvalue weighted by atomic mass is 9.95. The van der Waals surface area contributed by atoms with Gasteiger partial charge in [0.25, 0.3) is 0 Å². The molecule has 8 heteroatoms. The zero-order valence-corrected chi connectivity index (χ0v) is 50.1. The summed E-state index contributed by atoms with van der Waals surface area (Å²) in [6.45, 7) is 0. The van der Waals surface area contributed by atoms with Gasteiger partial charge < -0.3 is 36.3 Å². The predicted molar refractivity (Wildman–Crippen MR) is 385 cm³/mol. The van der Waals surface area contributed by atoms with Gasteiger partial charge in [-0.3, -0.25) is 0 Å². The van der Waals surface area contributed by atoms with Gasteiger partial charge >= 0.3 is 0 Å². The van der Waals surface area contributed by atoms with Crippen molar-refractivity contribution in [3.8, 4) is 22.3 Å². The van der Waals surface area contributed by atoms with Crippen LogP contribution in [0.3, 0.4) is 0 Å². The number of fused-ring (bicyclic) bond motifs is 20. The average molecular weight is 1210 g/mol. The molecule has 21 aromatic rings. The molecule has 0 radical (unpaired) electrons. The summed E-state index contributed by atoms with van der Waals surface area (Å²) in [6.07, 6.45) is 0. The molecule has 0 aliphatic rings. The number of furan rings is 6. The Kier molecular flexibility index (Phi) is 10.5. The fourth-order valence-electron chi connectivity index (χ4n) is 15.2. The van der Waals surface area contributed by atoms with Crippen LogP contribution in [0.4, 0.5) is 34.1 Å². The zero-order valence-electron chi connectivity index (χ0n) is 50.1. The molecule has 0 atom stereocenters. The second-order valence-electron chi connectivity index (χ2n) is 24.6. The van der Waals surface area contributed by atoms with Gasteiger partial charge in [0.05, 0.1) is 22.7 Å². The molecule has 0 aliphatic heterocycles. The van der Waals surface area contributed by atoms with Gasteiger partial charge in [-0.2, -0.15) is 0 Å². The monoisotopic (exact) mass is 1200 g/mol. The number of nitrogens with zero attached hydrogens (tertiary/aromatic N) is 2. The molecule has 8 nitrogen and oxygen atoms in total. The summed E-state index contributed by atoms with van der Waals surface area (Å²) in [6, 6.07) is 103. The summed E-state index contributed by atoms with van der Waals surface area (Å²) >= 11 is 0. The van der Waals surface area contributed by atoms with Crippen molar-refractivity contribution in [2.45, 2.75) is 0 Å². The summed E-state index contributed by atoms with van der Waals surface area (Å²) in [5.41, 5.74) is 19.7. The molecule has 438 valence electrons. The molecule has 0 saturated carbocycles. The van der Waals surface area contributed by atoms with Crippen LogP contribution in [0, 0.1) is 0 Å². The maximum Gasteiger partial charge on any atom is 0.159 e. The number of anilines is 6. The molecule has 0 unspecified atom stereocenters. The predicted octanol–water partition coefficient (Wildman–Crippen LogP) is 25.7. The Morgan fingerprint density at radius 2 is 0.564 bits per heavy atom. The van der Waals surface area contributed by atoms with E-state index in [-0.39, 0.29) is 0 Å². The van der Waals surface area contributed by atoms with Crippen molar-refractivity contribution < 1.29 is 26.5 Å². The van der Waals surface area contributed by atoms with Crippen molar-refractivity contribution in [1.82, 2.24) is 0 Å². The lowest BCUT2D eigenvalue weighted by molar-refractivity contribution is 0.656. The summed E-state index contributed by atoms with van der Waals surface area (Å²) in [4.78, 5) is 4.70. The van der Waals surface area contributed by atoms with E-state index in [9.17, 15) is 0 Å². The molecule has 0 spiro atoms. The first-order chi connectivity index (χ1) is 46.6. The Balaban J connectivity index is 0.717. The molecule has 21 rings (SSSR count). The molecule has 6 aromatic heterocycles. The molecule has 0 N–H and O–H groups in total. The molecule has 0 fully saturated rings. The first-order valence-electron chi connectivity index (χ1n) is 31.7. The Bertz CT molecular complexity index is 6350. The van der Waals surface area contributed by atoms with E-state index in [1.807, 2.05) is 48.5 Å². The fraction of sp³-hybridized carbons (Fsp3) is 0. The highest BCUT2D eigenvalue weighted by Gasteiger charge is 2.29. The highest BCUT2D eigenvalue weighted by atomic mass is 16.4. The highest BCUT2D eigenvalue weighted by molar-refractivity contribution is 6.22. The standard InChI is InChI=1S/C86H48N2O6/c1-3-17-49(18-4-1)81-67(37-39-75-83(81)61-23-9-13-31-73(61)89-75)87(69-27-15-25-59-57-21-7-11-29-71(57)93-85(59)69)55-35-33-51-43-63-65-47-66-64-44-52-34-36-56(42-54(52)46-78(64)92-80(66)48-79(65)91-77(63)45-53(51)41-55)88(70-28-16-26-60-58-22-8-12-30-72(58)94-86(60)70)68-38-40-76-84(62-24-10-14-32-74(62)90-76)82(68)50-19-5-2-6-20-50/h1-48H. The van der Waals surface area contributed by atoms with E-state index in [1.165, 1.54) is 0 Å². The van der Waals surface area contributed by atoms with Crippen LogP contribution in [0.2, 0.25) is 0 Å². The summed E-state index contributed by atoms with van der Waals surface area (Å²) in [7, 11) is 0. The number of benzene rings is 15. The van der Waals surface area contributed by atoms with E-state index in [1.54, 1.807) is 0 Å². The van der Waals surface area contributed by atoms with E-state index in [2.05, 4.69) is 252 Å². The molecular weight excluding hydrogens is 1160 g/mol. The molecule has 6 heterocycles. The van der Waals surface area contributed by atoms with Crippen molar-refractivity contribution in [1.29, 1.82) is 0 Å². The minimum Gasteiger partial charge on any atom is -0.456 e. The van der Waals surface area contributed by atoms with Gasteiger partial charge in [-0.15, -0.1) is 0 Å². The van der Waals surface area contributed by atoms with Crippen LogP contribution < -0.4 is 9.80 Å². The van der Waals surface area contributed by atoms with E-state index >= 15 is 0 Å². The molecule has 94 heavy (non-hydrogen) atoms. The van der Waals surface area contributed by atoms with Gasteiger partial charge in [0.1, 0.15) is 55.8 Å². The second kappa shape index (κ2) is 19.4. The quantitative estimate of drug-likeness (QED) is 0.149. The normalized spacial score (nSPS) is 12.3. The second-order valence-corrected chi connectivity index (χ2v) is 24.6. The fourth-order valence-corrected chi connectivity index (χ4v) is 15.2. The van der Waals surface area contributed by atoms with Crippen molar-refractivity contribution in [3.05, 3.63) is 291 Å². The third-order valence-electron chi connectivity index (χ3n) is 19.4. The van der Waals surface area contributed by atoms with Gasteiger partial charge in [0.2, 0.25) is 0 Å². The highest BCUT2D eigenvalue weighted by Crippen LogP contribution is 2.53. The van der Waals surface area contributed by atoms with Crippen LogP contribution in [0.5, 0.6) is 0 Å². The summed E-state index contributed by atoms with van der Waals surface area (Å²) < 4.78 is 40.7. The lowest BCUT2D eigenvalue weighted by Crippen LogP contribution is -2.11. The Morgan fingerprint density at radius 3 is 1.02 bits per heavy atom. The maximum absolute atomic E-state index is 6.90. The van der Waals surface area contributed by atoms with E-state index < -0.39 is 0 Å². The van der Waals surface area contributed by atoms with E-state index in [4.69, 9.17) is 26.5 Å². The molecule has 0 aliphatic carbocycles. The van der Waals surface area contributed by atoms with Crippen molar-refractivity contribution in [2.24, 2.45) is 0 Å². The topological polar surface area (TPSA) is 85.3 Å². The molecule has 0 saturated heterocycles. The summed E-state index contributed by atoms with van der Waals surface area (Å²) in [5, 5.41) is 16.7. The number of rotatable bonds is 8. The van der Waals surface area contributed by atoms with Gasteiger partial charge in [0, 0.05) is 93.2 Å². The van der Waals surface area contributed by atoms with Gasteiger partial charge in [-0.25, -0.2) is 0 Å². The third kappa shape index (κ3) is 7.44. The number of hydrogen-bond donors (Lipinski definition) is 0. The molecule has 15 aromatic carbocycles. The van der Waals surface area contributed by atoms with Crippen LogP contribution in [0.25, 0.3) is 175 Å². The smallest absolute Gasteiger partial charge is 0.159 e. The van der Waals surface area contributed by atoms with Crippen LogP contribution in [-0.4, -0.2) is 0 Å². The number of para-hydroxylation sites is 6. The average Bonchev–Trinajstić information content (AvgIpc) is 1.48. The lowest BCUT2D eigenvalue weighted by Gasteiger charge is -2.28. The first-order valence-corrected chi connectivity index (χ1v) is 31.7. The number of hydrogen-bond acceptors (Lipinski definition) is 8. The van der Waals surface area contributed by atoms with Crippen LogP contribution >= 0.6 is 0 Å². The Hall–Kier alpha value is -12.8.